The Morgan fingerprint density at radius 1 is 1.36 bits per heavy atom. The van der Waals surface area contributed by atoms with Gasteiger partial charge in [-0.2, -0.15) is 4.98 Å². The molecule has 1 heterocycles. The number of pyridine rings is 1. The summed E-state index contributed by atoms with van der Waals surface area (Å²) in [5.41, 5.74) is 6.19. The van der Waals surface area contributed by atoms with Crippen LogP contribution in [-0.4, -0.2) is 32.3 Å². The Bertz CT molecular complexity index is 291. The molecule has 0 fully saturated rings. The van der Waals surface area contributed by atoms with E-state index in [9.17, 15) is 0 Å². The molecule has 0 atom stereocenters. The van der Waals surface area contributed by atoms with Crippen molar-refractivity contribution in [1.29, 1.82) is 0 Å². The molecule has 1 aromatic rings. The maximum absolute atomic E-state index is 5.38. The lowest BCUT2D eigenvalue weighted by Crippen LogP contribution is -2.13. The normalized spacial score (nSPS) is 9.64. The number of nitrogens with two attached hydrogens (primary N) is 1. The second kappa shape index (κ2) is 5.29. The lowest BCUT2D eigenvalue weighted by atomic mass is 10.4. The Hall–Kier alpha value is -1.49. The fraction of sp³-hybridized carbons (Fsp3) is 0.444. The minimum atomic E-state index is 0.512. The van der Waals surface area contributed by atoms with Crippen molar-refractivity contribution in [2.45, 2.75) is 0 Å². The first kappa shape index (κ1) is 10.6. The molecule has 0 aliphatic carbocycles. The highest BCUT2D eigenvalue weighted by molar-refractivity contribution is 5.53. The van der Waals surface area contributed by atoms with Gasteiger partial charge in [-0.25, -0.2) is 0 Å². The molecule has 0 amide bonds. The van der Waals surface area contributed by atoms with Crippen molar-refractivity contribution in [3.05, 3.63) is 12.1 Å². The zero-order valence-electron chi connectivity index (χ0n) is 8.41. The van der Waals surface area contributed by atoms with Crippen LogP contribution in [-0.2, 0) is 0 Å². The summed E-state index contributed by atoms with van der Waals surface area (Å²) >= 11 is 0. The topological polar surface area (TPSA) is 69.4 Å². The Kier molecular flexibility index (Phi) is 4.00. The van der Waals surface area contributed by atoms with E-state index in [2.05, 4.69) is 10.3 Å². The molecule has 78 valence electrons. The summed E-state index contributed by atoms with van der Waals surface area (Å²) in [5.74, 6) is 1.04. The highest BCUT2D eigenvalue weighted by Crippen LogP contribution is 2.24. The van der Waals surface area contributed by atoms with E-state index < -0.39 is 0 Å². The predicted octanol–water partition coefficient (Wildman–Crippen LogP) is 0.469. The van der Waals surface area contributed by atoms with Crippen molar-refractivity contribution in [3.8, 4) is 11.8 Å². The second-order valence-electron chi connectivity index (χ2n) is 2.63. The maximum atomic E-state index is 5.38. The lowest BCUT2D eigenvalue weighted by molar-refractivity contribution is 0.366. The van der Waals surface area contributed by atoms with Gasteiger partial charge in [0.1, 0.15) is 0 Å². The molecule has 0 unspecified atom stereocenters. The number of nitrogens with zero attached hydrogens (tertiary/aromatic N) is 1. The van der Waals surface area contributed by atoms with Gasteiger partial charge < -0.3 is 20.5 Å². The highest BCUT2D eigenvalue weighted by Gasteiger charge is 2.04. The first-order valence-electron chi connectivity index (χ1n) is 4.34. The Labute approximate surface area is 83.2 Å². The highest BCUT2D eigenvalue weighted by atomic mass is 16.5. The van der Waals surface area contributed by atoms with E-state index in [0.29, 0.717) is 24.8 Å². The van der Waals surface area contributed by atoms with Crippen LogP contribution >= 0.6 is 0 Å². The van der Waals surface area contributed by atoms with Crippen LogP contribution in [0, 0.1) is 0 Å². The minimum Gasteiger partial charge on any atom is -0.481 e. The van der Waals surface area contributed by atoms with E-state index in [1.165, 1.54) is 0 Å². The first-order chi connectivity index (χ1) is 6.81. The molecule has 0 saturated carbocycles. The number of rotatable bonds is 5. The molecule has 5 heteroatoms. The van der Waals surface area contributed by atoms with Crippen LogP contribution in [0.3, 0.4) is 0 Å². The lowest BCUT2D eigenvalue weighted by Gasteiger charge is -2.10. The van der Waals surface area contributed by atoms with Gasteiger partial charge in [0, 0.05) is 19.2 Å². The third kappa shape index (κ3) is 2.50. The molecule has 0 bridgehead atoms. The van der Waals surface area contributed by atoms with Gasteiger partial charge in [-0.05, 0) is 6.07 Å². The zero-order valence-corrected chi connectivity index (χ0v) is 8.41. The van der Waals surface area contributed by atoms with Crippen LogP contribution in [0.15, 0.2) is 12.1 Å². The summed E-state index contributed by atoms with van der Waals surface area (Å²) in [6.07, 6.45) is 0. The summed E-state index contributed by atoms with van der Waals surface area (Å²) in [7, 11) is 3.13. The van der Waals surface area contributed by atoms with E-state index >= 15 is 0 Å². The molecule has 0 radical (unpaired) electrons. The molecule has 1 rings (SSSR count). The summed E-state index contributed by atoms with van der Waals surface area (Å²) in [4.78, 5) is 4.11. The van der Waals surface area contributed by atoms with E-state index in [1.807, 2.05) is 6.07 Å². The zero-order chi connectivity index (χ0) is 10.4. The van der Waals surface area contributed by atoms with Crippen molar-refractivity contribution in [2.24, 2.45) is 5.73 Å². The summed E-state index contributed by atoms with van der Waals surface area (Å²) in [6.45, 7) is 1.25. The standard InChI is InChI=1S/C9H15N3O2/c1-13-8-4-3-7(11-6-5-10)9(12-8)14-2/h3-4,11H,5-6,10H2,1-2H3. The summed E-state index contributed by atoms with van der Waals surface area (Å²) in [6, 6.07) is 3.61. The van der Waals surface area contributed by atoms with Gasteiger partial charge in [0.25, 0.3) is 0 Å². The van der Waals surface area contributed by atoms with Crippen LogP contribution in [0.2, 0.25) is 0 Å². The number of ether oxygens (including phenoxy) is 2. The van der Waals surface area contributed by atoms with Crippen LogP contribution < -0.4 is 20.5 Å². The second-order valence-corrected chi connectivity index (χ2v) is 2.63. The summed E-state index contributed by atoms with van der Waals surface area (Å²) in [5, 5.41) is 3.10. The molecule has 1 aromatic heterocycles. The molecular weight excluding hydrogens is 182 g/mol. The third-order valence-electron chi connectivity index (χ3n) is 1.70. The SMILES string of the molecule is COc1ccc(NCCN)c(OC)n1. The van der Waals surface area contributed by atoms with Crippen LogP contribution in [0.25, 0.3) is 0 Å². The predicted molar refractivity (Wildman–Crippen MR) is 54.9 cm³/mol. The number of nitrogens with one attached hydrogen (secondary N) is 1. The van der Waals surface area contributed by atoms with Gasteiger partial charge in [-0.15, -0.1) is 0 Å². The molecule has 0 aromatic carbocycles. The van der Waals surface area contributed by atoms with E-state index in [-0.39, 0.29) is 0 Å². The third-order valence-corrected chi connectivity index (χ3v) is 1.70. The van der Waals surface area contributed by atoms with Gasteiger partial charge in [0.15, 0.2) is 0 Å². The van der Waals surface area contributed by atoms with E-state index in [0.717, 1.165) is 5.69 Å². The molecule has 0 spiro atoms. The van der Waals surface area contributed by atoms with Crippen molar-refractivity contribution in [2.75, 3.05) is 32.6 Å². The van der Waals surface area contributed by atoms with Gasteiger partial charge in [0.2, 0.25) is 11.8 Å². The van der Waals surface area contributed by atoms with E-state index in [4.69, 9.17) is 15.2 Å². The molecule has 0 aliphatic rings. The largest absolute Gasteiger partial charge is 0.481 e. The first-order valence-corrected chi connectivity index (χ1v) is 4.34. The van der Waals surface area contributed by atoms with Gasteiger partial charge >= 0.3 is 0 Å². The van der Waals surface area contributed by atoms with Crippen molar-refractivity contribution in [1.82, 2.24) is 4.98 Å². The molecule has 3 N–H and O–H groups in total. The molecule has 0 saturated heterocycles. The van der Waals surface area contributed by atoms with Gasteiger partial charge in [-0.3, -0.25) is 0 Å². The quantitative estimate of drug-likeness (QED) is 0.718. The van der Waals surface area contributed by atoms with Crippen LogP contribution in [0.5, 0.6) is 11.8 Å². The van der Waals surface area contributed by atoms with Crippen LogP contribution in [0.1, 0.15) is 0 Å². The number of methoxy groups -OCH3 is 2. The number of anilines is 1. The molecule has 0 aliphatic heterocycles. The van der Waals surface area contributed by atoms with Gasteiger partial charge in [-0.1, -0.05) is 0 Å². The average Bonchev–Trinajstić information content (AvgIpc) is 2.26. The molecular formula is C9H15N3O2. The smallest absolute Gasteiger partial charge is 0.240 e. The Balaban J connectivity index is 2.82. The average molecular weight is 197 g/mol. The Morgan fingerprint density at radius 2 is 2.14 bits per heavy atom. The monoisotopic (exact) mass is 197 g/mol. The molecule has 14 heavy (non-hydrogen) atoms. The van der Waals surface area contributed by atoms with Crippen molar-refractivity contribution >= 4 is 5.69 Å². The van der Waals surface area contributed by atoms with E-state index in [1.54, 1.807) is 20.3 Å². The van der Waals surface area contributed by atoms with Crippen LogP contribution in [0.4, 0.5) is 5.69 Å². The fourth-order valence-corrected chi connectivity index (χ4v) is 1.03. The fourth-order valence-electron chi connectivity index (χ4n) is 1.03. The number of hydrogen-bond acceptors (Lipinski definition) is 5. The maximum Gasteiger partial charge on any atom is 0.240 e. The van der Waals surface area contributed by atoms with Crippen molar-refractivity contribution in [3.63, 3.8) is 0 Å². The van der Waals surface area contributed by atoms with Crippen molar-refractivity contribution < 1.29 is 9.47 Å². The van der Waals surface area contributed by atoms with Gasteiger partial charge in [0.05, 0.1) is 19.9 Å². The Morgan fingerprint density at radius 3 is 2.71 bits per heavy atom. The number of aromatic nitrogens is 1. The summed E-state index contributed by atoms with van der Waals surface area (Å²) < 4.78 is 10.1. The molecule has 5 nitrogen and oxygen atoms in total. The number of hydrogen-bond donors (Lipinski definition) is 2. The minimum absolute atomic E-state index is 0.512.